The Labute approximate surface area is 568 Å². The molecule has 0 saturated carbocycles. The Kier molecular flexibility index (Phi) is 63.4. The van der Waals surface area contributed by atoms with Crippen molar-refractivity contribution < 1.29 is 80.2 Å². The van der Waals surface area contributed by atoms with E-state index in [1.165, 1.54) is 180 Å². The number of carbonyl (C=O) groups is 4. The summed E-state index contributed by atoms with van der Waals surface area (Å²) in [6.07, 6.45) is 50.1. The third-order valence-corrected chi connectivity index (χ3v) is 19.0. The van der Waals surface area contributed by atoms with Gasteiger partial charge in [-0.25, -0.2) is 9.13 Å². The molecule has 0 aliphatic carbocycles. The fourth-order valence-corrected chi connectivity index (χ4v) is 12.8. The number of aliphatic hydroxyl groups is 1. The average Bonchev–Trinajstić information content (AvgIpc) is 1.58. The van der Waals surface area contributed by atoms with Crippen molar-refractivity contribution >= 4 is 39.5 Å². The smallest absolute Gasteiger partial charge is 0.462 e. The molecule has 0 rings (SSSR count). The first-order chi connectivity index (χ1) is 44.7. The van der Waals surface area contributed by atoms with Crippen molar-refractivity contribution in [3.8, 4) is 0 Å². The van der Waals surface area contributed by atoms with Gasteiger partial charge in [-0.3, -0.25) is 37.3 Å². The monoisotopic (exact) mass is 1370 g/mol. The van der Waals surface area contributed by atoms with Crippen LogP contribution in [0.4, 0.5) is 0 Å². The minimum absolute atomic E-state index is 0.105. The highest BCUT2D eigenvalue weighted by atomic mass is 31.2. The van der Waals surface area contributed by atoms with Crippen LogP contribution in [-0.2, 0) is 65.4 Å². The van der Waals surface area contributed by atoms with Gasteiger partial charge in [-0.2, -0.15) is 0 Å². The van der Waals surface area contributed by atoms with Crippen molar-refractivity contribution in [2.45, 2.75) is 394 Å². The summed E-state index contributed by atoms with van der Waals surface area (Å²) < 4.78 is 68.4. The Morgan fingerprint density at radius 1 is 0.290 bits per heavy atom. The molecule has 93 heavy (non-hydrogen) atoms. The van der Waals surface area contributed by atoms with Gasteiger partial charge in [0.05, 0.1) is 26.4 Å². The van der Waals surface area contributed by atoms with Crippen molar-refractivity contribution in [3.63, 3.8) is 0 Å². The molecule has 0 aromatic carbocycles. The zero-order valence-electron chi connectivity index (χ0n) is 60.7. The summed E-state index contributed by atoms with van der Waals surface area (Å²) in [4.78, 5) is 72.7. The van der Waals surface area contributed by atoms with Gasteiger partial charge in [0.2, 0.25) is 0 Å². The zero-order valence-corrected chi connectivity index (χ0v) is 62.5. The Morgan fingerprint density at radius 3 is 0.731 bits per heavy atom. The molecule has 0 amide bonds. The van der Waals surface area contributed by atoms with Crippen LogP contribution in [-0.4, -0.2) is 96.7 Å². The Balaban J connectivity index is 5.24. The molecule has 0 fully saturated rings. The summed E-state index contributed by atoms with van der Waals surface area (Å²) >= 11 is 0. The Bertz CT molecular complexity index is 1820. The Hall–Kier alpha value is -1.94. The highest BCUT2D eigenvalue weighted by molar-refractivity contribution is 7.47. The fraction of sp³-hybridized carbons (Fsp3) is 0.946. The molecule has 17 nitrogen and oxygen atoms in total. The number of phosphoric acid groups is 2. The minimum Gasteiger partial charge on any atom is -0.462 e. The van der Waals surface area contributed by atoms with Crippen LogP contribution in [0.15, 0.2) is 0 Å². The van der Waals surface area contributed by atoms with E-state index in [1.54, 1.807) is 0 Å². The molecule has 0 aromatic heterocycles. The normalized spacial score (nSPS) is 14.1. The summed E-state index contributed by atoms with van der Waals surface area (Å²) in [5.41, 5.74) is 0. The Morgan fingerprint density at radius 2 is 0.495 bits per heavy atom. The SMILES string of the molecule is CCCCCCCCCCCCCCCCCCC(=O)O[C@H](COC(=O)CCCCCCCCCCCCCCC(C)C)COP(=O)(O)OC[C@@H](O)COP(=O)(O)OC[C@@H](COC(=O)CCCCCCCCC(C)C)OC(=O)CCCCCCCCCCCCC(C)C. The molecule has 5 atom stereocenters. The van der Waals surface area contributed by atoms with Crippen molar-refractivity contribution in [1.29, 1.82) is 0 Å². The summed E-state index contributed by atoms with van der Waals surface area (Å²) in [6, 6.07) is 0. The van der Waals surface area contributed by atoms with Crippen molar-refractivity contribution in [2.75, 3.05) is 39.6 Å². The van der Waals surface area contributed by atoms with Gasteiger partial charge in [0.1, 0.15) is 19.3 Å². The number of aliphatic hydroxyl groups excluding tert-OH is 1. The molecule has 2 unspecified atom stereocenters. The number of phosphoric ester groups is 2. The van der Waals surface area contributed by atoms with Gasteiger partial charge in [-0.15, -0.1) is 0 Å². The number of rotatable bonds is 72. The first-order valence-electron chi connectivity index (χ1n) is 38.3. The van der Waals surface area contributed by atoms with Gasteiger partial charge in [-0.05, 0) is 43.4 Å². The van der Waals surface area contributed by atoms with Crippen molar-refractivity contribution in [2.24, 2.45) is 17.8 Å². The predicted molar refractivity (Wildman–Crippen MR) is 377 cm³/mol. The van der Waals surface area contributed by atoms with E-state index >= 15 is 0 Å². The third kappa shape index (κ3) is 68.4. The fourth-order valence-electron chi connectivity index (χ4n) is 11.2. The number of ether oxygens (including phenoxy) is 4. The van der Waals surface area contributed by atoms with E-state index in [0.717, 1.165) is 108 Å². The molecule has 0 radical (unpaired) electrons. The molecule has 0 heterocycles. The topological polar surface area (TPSA) is 237 Å². The second-order valence-electron chi connectivity index (χ2n) is 28.1. The van der Waals surface area contributed by atoms with Crippen LogP contribution in [0.1, 0.15) is 376 Å². The minimum atomic E-state index is -4.96. The predicted octanol–water partition coefficient (Wildman–Crippen LogP) is 21.4. The summed E-state index contributed by atoms with van der Waals surface area (Å²) in [5, 5.41) is 10.6. The lowest BCUT2D eigenvalue weighted by atomic mass is 10.0. The van der Waals surface area contributed by atoms with E-state index in [0.29, 0.717) is 31.6 Å². The second-order valence-corrected chi connectivity index (χ2v) is 31.0. The van der Waals surface area contributed by atoms with Crippen LogP contribution in [0.25, 0.3) is 0 Å². The third-order valence-electron chi connectivity index (χ3n) is 17.1. The lowest BCUT2D eigenvalue weighted by Crippen LogP contribution is -2.30. The van der Waals surface area contributed by atoms with Gasteiger partial charge < -0.3 is 33.8 Å². The van der Waals surface area contributed by atoms with Crippen LogP contribution in [0.2, 0.25) is 0 Å². The van der Waals surface area contributed by atoms with Gasteiger partial charge in [-0.1, -0.05) is 325 Å². The maximum absolute atomic E-state index is 13.1. The number of hydrogen-bond acceptors (Lipinski definition) is 15. The van der Waals surface area contributed by atoms with Crippen LogP contribution >= 0.6 is 15.6 Å². The molecule has 3 N–H and O–H groups in total. The first kappa shape index (κ1) is 91.1. The molecule has 0 aromatic rings. The molecule has 0 aliphatic rings. The summed E-state index contributed by atoms with van der Waals surface area (Å²) in [7, 11) is -9.91. The van der Waals surface area contributed by atoms with E-state index in [2.05, 4.69) is 48.5 Å². The van der Waals surface area contributed by atoms with E-state index in [9.17, 15) is 43.2 Å². The zero-order chi connectivity index (χ0) is 68.7. The lowest BCUT2D eigenvalue weighted by Gasteiger charge is -2.21. The maximum atomic E-state index is 13.1. The summed E-state index contributed by atoms with van der Waals surface area (Å²) in [5.74, 6) is 0.0917. The molecule has 0 saturated heterocycles. The van der Waals surface area contributed by atoms with Gasteiger partial charge in [0.25, 0.3) is 0 Å². The second kappa shape index (κ2) is 64.7. The molecule has 0 aliphatic heterocycles. The standard InChI is InChI=1S/C74H144O17P2/c1-8-9-10-11-12-13-14-15-16-17-18-23-29-34-43-50-57-73(78)90-69(61-84-71(76)55-48-41-33-28-22-20-19-21-26-31-38-45-52-65(2)3)63-88-92(80,81)86-59-68(75)60-87-93(82,83)89-64-70(62-85-72(77)56-49-42-37-36-40-47-54-67(6)7)91-74(79)58-51-44-35-30-25-24-27-32-39-46-53-66(4)5/h65-70,75H,8-64H2,1-7H3,(H,80,81)(H,82,83)/t68-,69-,70-/m1/s1. The lowest BCUT2D eigenvalue weighted by molar-refractivity contribution is -0.161. The number of unbranched alkanes of at least 4 members (excludes halogenated alkanes) is 40. The van der Waals surface area contributed by atoms with Gasteiger partial charge in [0, 0.05) is 25.7 Å². The van der Waals surface area contributed by atoms with Gasteiger partial charge in [0.15, 0.2) is 12.2 Å². The average molecular weight is 1370 g/mol. The molecular formula is C74H144O17P2. The quantitative estimate of drug-likeness (QED) is 0.0222. The molecule has 0 spiro atoms. The number of carbonyl (C=O) groups excluding carboxylic acids is 4. The van der Waals surface area contributed by atoms with Crippen LogP contribution < -0.4 is 0 Å². The van der Waals surface area contributed by atoms with Crippen LogP contribution in [0.3, 0.4) is 0 Å². The molecular weight excluding hydrogens is 1220 g/mol. The largest absolute Gasteiger partial charge is 0.472 e. The van der Waals surface area contributed by atoms with Crippen LogP contribution in [0.5, 0.6) is 0 Å². The molecule has 552 valence electrons. The summed E-state index contributed by atoms with van der Waals surface area (Å²) in [6.45, 7) is 11.8. The van der Waals surface area contributed by atoms with E-state index in [1.807, 2.05) is 0 Å². The van der Waals surface area contributed by atoms with E-state index in [4.69, 9.17) is 37.0 Å². The van der Waals surface area contributed by atoms with Gasteiger partial charge >= 0.3 is 39.5 Å². The van der Waals surface area contributed by atoms with Crippen molar-refractivity contribution in [1.82, 2.24) is 0 Å². The van der Waals surface area contributed by atoms with E-state index < -0.39 is 97.5 Å². The van der Waals surface area contributed by atoms with E-state index in [-0.39, 0.29) is 25.7 Å². The first-order valence-corrected chi connectivity index (χ1v) is 41.3. The van der Waals surface area contributed by atoms with Crippen LogP contribution in [0, 0.1) is 17.8 Å². The maximum Gasteiger partial charge on any atom is 0.472 e. The molecule has 0 bridgehead atoms. The number of esters is 4. The highest BCUT2D eigenvalue weighted by Gasteiger charge is 2.30. The highest BCUT2D eigenvalue weighted by Crippen LogP contribution is 2.45. The number of hydrogen-bond donors (Lipinski definition) is 3. The van der Waals surface area contributed by atoms with Crippen molar-refractivity contribution in [3.05, 3.63) is 0 Å². The molecule has 19 heteroatoms.